The number of hydrogen-bond donors (Lipinski definition) is 2. The zero-order valence-corrected chi connectivity index (χ0v) is 23.9. The van der Waals surface area contributed by atoms with Crippen LogP contribution in [0.4, 0.5) is 5.69 Å². The van der Waals surface area contributed by atoms with Gasteiger partial charge in [0.15, 0.2) is 5.60 Å². The second kappa shape index (κ2) is 12.9. The number of unbranched alkanes of at least 4 members (excludes halogenated alkanes) is 1. The van der Waals surface area contributed by atoms with Crippen LogP contribution in [0.15, 0.2) is 48.5 Å². The predicted octanol–water partition coefficient (Wildman–Crippen LogP) is 4.64. The van der Waals surface area contributed by atoms with E-state index in [1.54, 1.807) is 12.1 Å². The van der Waals surface area contributed by atoms with Crippen LogP contribution in [0.2, 0.25) is 0 Å². The van der Waals surface area contributed by atoms with Crippen molar-refractivity contribution in [2.75, 3.05) is 24.2 Å². The van der Waals surface area contributed by atoms with Crippen molar-refractivity contribution >= 4 is 27.5 Å². The first-order valence-corrected chi connectivity index (χ1v) is 16.0. The highest BCUT2D eigenvalue weighted by Gasteiger charge is 2.47. The summed E-state index contributed by atoms with van der Waals surface area (Å²) >= 11 is 0. The quantitative estimate of drug-likeness (QED) is 0.395. The van der Waals surface area contributed by atoms with E-state index in [1.165, 1.54) is 30.5 Å². The number of para-hydroxylation sites is 1. The third kappa shape index (κ3) is 7.75. The van der Waals surface area contributed by atoms with Gasteiger partial charge in [-0.3, -0.25) is 9.59 Å². The first-order valence-electron chi connectivity index (χ1n) is 14.1. The van der Waals surface area contributed by atoms with Crippen LogP contribution < -0.4 is 19.7 Å². The normalized spacial score (nSPS) is 17.5. The smallest absolute Gasteiger partial charge is 0.277 e. The average Bonchev–Trinajstić information content (AvgIpc) is 2.89. The van der Waals surface area contributed by atoms with E-state index in [4.69, 9.17) is 4.74 Å². The standard InChI is InChI=1S/C30H41N3O5S/c1-3-4-12-26(25-11-6-7-13-27(25)33-20-8-5-9-21-33)31-28(34)22-23-14-16-24(17-15-23)38-30(18-10-19-30)29(35)32-39(2,36)37/h6-7,11,13-17,26H,3-5,8-10,12,18-22H2,1-2H3,(H,31,34)(H,32,35). The molecule has 1 aliphatic heterocycles. The Kier molecular flexibility index (Phi) is 9.53. The van der Waals surface area contributed by atoms with Gasteiger partial charge in [0.05, 0.1) is 18.7 Å². The van der Waals surface area contributed by atoms with Crippen molar-refractivity contribution in [1.82, 2.24) is 10.0 Å². The first-order chi connectivity index (χ1) is 18.7. The van der Waals surface area contributed by atoms with Crippen LogP contribution in [-0.2, 0) is 26.0 Å². The van der Waals surface area contributed by atoms with Gasteiger partial charge in [-0.25, -0.2) is 13.1 Å². The summed E-state index contributed by atoms with van der Waals surface area (Å²) in [5.74, 6) is -0.206. The topological polar surface area (TPSA) is 105 Å². The molecule has 0 aromatic heterocycles. The number of piperidine rings is 1. The molecule has 4 rings (SSSR count). The van der Waals surface area contributed by atoms with E-state index in [1.807, 2.05) is 16.9 Å². The number of nitrogens with zero attached hydrogens (tertiary/aromatic N) is 1. The molecule has 2 aliphatic rings. The zero-order chi connectivity index (χ0) is 27.9. The number of benzene rings is 2. The molecular weight excluding hydrogens is 514 g/mol. The van der Waals surface area contributed by atoms with Gasteiger partial charge in [-0.1, -0.05) is 50.1 Å². The van der Waals surface area contributed by atoms with Gasteiger partial charge >= 0.3 is 0 Å². The summed E-state index contributed by atoms with van der Waals surface area (Å²) in [7, 11) is -3.67. The molecule has 8 nitrogen and oxygen atoms in total. The summed E-state index contributed by atoms with van der Waals surface area (Å²) in [5, 5.41) is 3.30. The number of hydrogen-bond acceptors (Lipinski definition) is 6. The number of ether oxygens (including phenoxy) is 1. The molecule has 1 atom stereocenters. The fraction of sp³-hybridized carbons (Fsp3) is 0.533. The van der Waals surface area contributed by atoms with Crippen LogP contribution in [-0.4, -0.2) is 45.2 Å². The highest BCUT2D eigenvalue weighted by molar-refractivity contribution is 7.89. The minimum atomic E-state index is -3.67. The van der Waals surface area contributed by atoms with Crippen LogP contribution >= 0.6 is 0 Å². The zero-order valence-electron chi connectivity index (χ0n) is 23.1. The van der Waals surface area contributed by atoms with E-state index in [-0.39, 0.29) is 18.4 Å². The van der Waals surface area contributed by atoms with Crippen LogP contribution in [0, 0.1) is 0 Å². The minimum Gasteiger partial charge on any atom is -0.477 e. The summed E-state index contributed by atoms with van der Waals surface area (Å²) in [5.41, 5.74) is 2.07. The molecule has 39 heavy (non-hydrogen) atoms. The third-order valence-corrected chi connectivity index (χ3v) is 8.20. The molecule has 1 saturated heterocycles. The molecule has 1 saturated carbocycles. The third-order valence-electron chi connectivity index (χ3n) is 7.64. The monoisotopic (exact) mass is 555 g/mol. The highest BCUT2D eigenvalue weighted by atomic mass is 32.2. The molecule has 2 amide bonds. The van der Waals surface area contributed by atoms with Crippen molar-refractivity contribution in [3.8, 4) is 5.75 Å². The van der Waals surface area contributed by atoms with Crippen LogP contribution in [0.5, 0.6) is 5.75 Å². The molecule has 2 aromatic carbocycles. The molecule has 0 bridgehead atoms. The van der Waals surface area contributed by atoms with E-state index < -0.39 is 21.5 Å². The Balaban J connectivity index is 1.41. The van der Waals surface area contributed by atoms with Crippen molar-refractivity contribution in [2.45, 2.75) is 82.8 Å². The summed E-state index contributed by atoms with van der Waals surface area (Å²) in [6.07, 6.45) is 9.52. The lowest BCUT2D eigenvalue weighted by Crippen LogP contribution is -2.56. The van der Waals surface area contributed by atoms with Gasteiger partial charge in [0.2, 0.25) is 15.9 Å². The Morgan fingerprint density at radius 3 is 2.31 bits per heavy atom. The molecule has 0 spiro atoms. The van der Waals surface area contributed by atoms with Gasteiger partial charge in [-0.15, -0.1) is 0 Å². The van der Waals surface area contributed by atoms with E-state index in [0.29, 0.717) is 18.6 Å². The summed E-state index contributed by atoms with van der Waals surface area (Å²) in [6.45, 7) is 4.27. The molecule has 0 radical (unpaired) electrons. The Bertz CT molecular complexity index is 1240. The highest BCUT2D eigenvalue weighted by Crippen LogP contribution is 2.37. The molecule has 9 heteroatoms. The molecule has 2 N–H and O–H groups in total. The number of amides is 2. The first kappa shape index (κ1) is 28.9. The van der Waals surface area contributed by atoms with Crippen molar-refractivity contribution in [1.29, 1.82) is 0 Å². The molecular formula is C30H41N3O5S. The maximum absolute atomic E-state index is 13.2. The summed E-state index contributed by atoms with van der Waals surface area (Å²) in [4.78, 5) is 28.2. The van der Waals surface area contributed by atoms with E-state index >= 15 is 0 Å². The number of carbonyl (C=O) groups excluding carboxylic acids is 2. The second-order valence-corrected chi connectivity index (χ2v) is 12.6. The van der Waals surface area contributed by atoms with Gasteiger partial charge in [0, 0.05) is 18.8 Å². The molecule has 1 unspecified atom stereocenters. The number of carbonyl (C=O) groups is 2. The fourth-order valence-electron chi connectivity index (χ4n) is 5.39. The molecule has 2 aromatic rings. The van der Waals surface area contributed by atoms with Gasteiger partial charge in [-0.05, 0) is 74.3 Å². The van der Waals surface area contributed by atoms with Gasteiger partial charge in [-0.2, -0.15) is 0 Å². The largest absolute Gasteiger partial charge is 0.477 e. The van der Waals surface area contributed by atoms with E-state index in [2.05, 4.69) is 41.4 Å². The van der Waals surface area contributed by atoms with Crippen molar-refractivity contribution in [3.63, 3.8) is 0 Å². The average molecular weight is 556 g/mol. The molecule has 1 aliphatic carbocycles. The number of rotatable bonds is 12. The molecule has 212 valence electrons. The Morgan fingerprint density at radius 1 is 1.00 bits per heavy atom. The summed E-state index contributed by atoms with van der Waals surface area (Å²) in [6, 6.07) is 15.5. The Labute approximate surface area is 232 Å². The lowest BCUT2D eigenvalue weighted by molar-refractivity contribution is -0.142. The van der Waals surface area contributed by atoms with E-state index in [9.17, 15) is 18.0 Å². The predicted molar refractivity (Wildman–Crippen MR) is 153 cm³/mol. The second-order valence-electron chi connectivity index (χ2n) is 10.8. The van der Waals surface area contributed by atoms with Crippen molar-refractivity contribution in [2.24, 2.45) is 0 Å². The summed E-state index contributed by atoms with van der Waals surface area (Å²) < 4.78 is 31.1. The Morgan fingerprint density at radius 2 is 1.69 bits per heavy atom. The van der Waals surface area contributed by atoms with Crippen LogP contribution in [0.1, 0.15) is 81.9 Å². The number of nitrogens with one attached hydrogen (secondary N) is 2. The molecule has 2 fully saturated rings. The molecule has 1 heterocycles. The van der Waals surface area contributed by atoms with Crippen molar-refractivity contribution in [3.05, 3.63) is 59.7 Å². The SMILES string of the molecule is CCCCC(NC(=O)Cc1ccc(OC2(C(=O)NS(C)(=O)=O)CCC2)cc1)c1ccccc1N1CCCCC1. The van der Waals surface area contributed by atoms with Gasteiger partial charge in [0.1, 0.15) is 5.75 Å². The number of sulfonamides is 1. The number of anilines is 1. The Hall–Kier alpha value is -3.07. The lowest BCUT2D eigenvalue weighted by atomic mass is 9.79. The van der Waals surface area contributed by atoms with Crippen molar-refractivity contribution < 1.29 is 22.7 Å². The van der Waals surface area contributed by atoms with Gasteiger partial charge < -0.3 is 15.0 Å². The lowest BCUT2D eigenvalue weighted by Gasteiger charge is -2.39. The fourth-order valence-corrected chi connectivity index (χ4v) is 5.91. The van der Waals surface area contributed by atoms with E-state index in [0.717, 1.165) is 50.6 Å². The minimum absolute atomic E-state index is 0.0405. The van der Waals surface area contributed by atoms with Gasteiger partial charge in [0.25, 0.3) is 5.91 Å². The maximum Gasteiger partial charge on any atom is 0.277 e. The van der Waals surface area contributed by atoms with Crippen LogP contribution in [0.3, 0.4) is 0 Å². The maximum atomic E-state index is 13.2. The van der Waals surface area contributed by atoms with Crippen LogP contribution in [0.25, 0.3) is 0 Å².